The maximum atomic E-state index is 11.9. The van der Waals surface area contributed by atoms with Crippen molar-refractivity contribution in [1.29, 1.82) is 0 Å². The molecule has 2 amide bonds. The van der Waals surface area contributed by atoms with Gasteiger partial charge >= 0.3 is 12.0 Å². The van der Waals surface area contributed by atoms with Crippen LogP contribution in [-0.4, -0.2) is 28.1 Å². The molecular formula is C14H19N3O3. The van der Waals surface area contributed by atoms with Crippen LogP contribution in [0.2, 0.25) is 0 Å². The van der Waals surface area contributed by atoms with Crippen molar-refractivity contribution in [3.05, 3.63) is 30.1 Å². The number of aromatic nitrogens is 1. The second-order valence-corrected chi connectivity index (χ2v) is 5.10. The first-order valence-electron chi connectivity index (χ1n) is 6.77. The van der Waals surface area contributed by atoms with Crippen LogP contribution in [0.4, 0.5) is 4.79 Å². The largest absolute Gasteiger partial charge is 0.481 e. The van der Waals surface area contributed by atoms with E-state index in [9.17, 15) is 9.59 Å². The third-order valence-corrected chi connectivity index (χ3v) is 3.70. The van der Waals surface area contributed by atoms with Crippen LogP contribution in [0.1, 0.15) is 37.8 Å². The number of rotatable bonds is 4. The van der Waals surface area contributed by atoms with E-state index in [1.807, 2.05) is 19.1 Å². The lowest BCUT2D eigenvalue weighted by Crippen LogP contribution is -2.45. The molecule has 1 fully saturated rings. The lowest BCUT2D eigenvalue weighted by molar-refractivity contribution is -0.142. The number of carboxylic acids is 1. The van der Waals surface area contributed by atoms with Crippen LogP contribution < -0.4 is 10.6 Å². The van der Waals surface area contributed by atoms with E-state index in [-0.39, 0.29) is 18.1 Å². The first-order valence-corrected chi connectivity index (χ1v) is 6.77. The molecule has 1 aromatic heterocycles. The Kier molecular flexibility index (Phi) is 4.55. The molecular weight excluding hydrogens is 258 g/mol. The van der Waals surface area contributed by atoms with Crippen LogP contribution in [-0.2, 0) is 4.79 Å². The Hall–Kier alpha value is -2.11. The van der Waals surface area contributed by atoms with Crippen molar-refractivity contribution >= 4 is 12.0 Å². The number of hydrogen-bond donors (Lipinski definition) is 3. The van der Waals surface area contributed by atoms with Crippen LogP contribution in [0.25, 0.3) is 0 Å². The van der Waals surface area contributed by atoms with Gasteiger partial charge in [-0.25, -0.2) is 4.79 Å². The summed E-state index contributed by atoms with van der Waals surface area (Å²) in [6.45, 7) is 1.87. The highest BCUT2D eigenvalue weighted by atomic mass is 16.4. The molecule has 0 aromatic carbocycles. The van der Waals surface area contributed by atoms with E-state index in [1.54, 1.807) is 12.4 Å². The molecule has 0 spiro atoms. The smallest absolute Gasteiger partial charge is 0.315 e. The second kappa shape index (κ2) is 6.36. The maximum Gasteiger partial charge on any atom is 0.315 e. The fraction of sp³-hybridized carbons (Fsp3) is 0.500. The molecule has 2 rings (SSSR count). The van der Waals surface area contributed by atoms with Crippen LogP contribution in [0.3, 0.4) is 0 Å². The highest BCUT2D eigenvalue weighted by Gasteiger charge is 2.33. The molecule has 1 aliphatic carbocycles. The minimum absolute atomic E-state index is 0.150. The van der Waals surface area contributed by atoms with Gasteiger partial charge in [0, 0.05) is 18.4 Å². The number of urea groups is 1. The number of nitrogens with zero attached hydrogens (tertiary/aromatic N) is 1. The molecule has 1 aromatic rings. The zero-order chi connectivity index (χ0) is 14.5. The summed E-state index contributed by atoms with van der Waals surface area (Å²) in [5.74, 6) is -1.31. The Morgan fingerprint density at radius 3 is 2.70 bits per heavy atom. The molecule has 1 saturated carbocycles. The van der Waals surface area contributed by atoms with Gasteiger partial charge in [0.15, 0.2) is 0 Å². The van der Waals surface area contributed by atoms with Gasteiger partial charge in [-0.1, -0.05) is 6.42 Å². The maximum absolute atomic E-state index is 11.9. The molecule has 3 atom stereocenters. The van der Waals surface area contributed by atoms with Gasteiger partial charge in [-0.2, -0.15) is 0 Å². The fourth-order valence-corrected chi connectivity index (χ4v) is 2.57. The molecule has 1 aliphatic rings. The van der Waals surface area contributed by atoms with E-state index < -0.39 is 11.9 Å². The SMILES string of the molecule is CC(NC(=O)NC1CCCC1C(=O)O)c1ccncc1. The normalized spacial score (nSPS) is 23.1. The number of amides is 2. The molecule has 0 radical (unpaired) electrons. The zero-order valence-electron chi connectivity index (χ0n) is 11.4. The third-order valence-electron chi connectivity index (χ3n) is 3.70. The number of carbonyl (C=O) groups excluding carboxylic acids is 1. The lowest BCUT2D eigenvalue weighted by Gasteiger charge is -2.20. The summed E-state index contributed by atoms with van der Waals surface area (Å²) < 4.78 is 0. The first-order chi connectivity index (χ1) is 9.58. The van der Waals surface area contributed by atoms with Crippen molar-refractivity contribution < 1.29 is 14.7 Å². The molecule has 6 heteroatoms. The van der Waals surface area contributed by atoms with Gasteiger partial charge in [0.2, 0.25) is 0 Å². The number of carbonyl (C=O) groups is 2. The number of pyridine rings is 1. The van der Waals surface area contributed by atoms with E-state index in [4.69, 9.17) is 5.11 Å². The highest BCUT2D eigenvalue weighted by molar-refractivity contribution is 5.77. The Balaban J connectivity index is 1.88. The molecule has 6 nitrogen and oxygen atoms in total. The van der Waals surface area contributed by atoms with Crippen LogP contribution >= 0.6 is 0 Å². The Morgan fingerprint density at radius 2 is 2.05 bits per heavy atom. The number of carboxylic acid groups (broad SMARTS) is 1. The molecule has 3 N–H and O–H groups in total. The van der Waals surface area contributed by atoms with E-state index in [0.29, 0.717) is 12.8 Å². The minimum Gasteiger partial charge on any atom is -0.481 e. The van der Waals surface area contributed by atoms with Crippen molar-refractivity contribution in [2.24, 2.45) is 5.92 Å². The summed E-state index contributed by atoms with van der Waals surface area (Å²) in [4.78, 5) is 26.9. The van der Waals surface area contributed by atoms with E-state index in [0.717, 1.165) is 12.0 Å². The third kappa shape index (κ3) is 3.46. The van der Waals surface area contributed by atoms with Gasteiger partial charge in [0.05, 0.1) is 12.0 Å². The topological polar surface area (TPSA) is 91.3 Å². The van der Waals surface area contributed by atoms with Gasteiger partial charge < -0.3 is 15.7 Å². The Labute approximate surface area is 117 Å². The molecule has 20 heavy (non-hydrogen) atoms. The molecule has 0 aliphatic heterocycles. The molecule has 108 valence electrons. The average Bonchev–Trinajstić information content (AvgIpc) is 2.87. The zero-order valence-corrected chi connectivity index (χ0v) is 11.4. The average molecular weight is 277 g/mol. The van der Waals surface area contributed by atoms with Crippen molar-refractivity contribution in [3.63, 3.8) is 0 Å². The summed E-state index contributed by atoms with van der Waals surface area (Å²) in [6, 6.07) is 2.91. The Bertz CT molecular complexity index is 478. The van der Waals surface area contributed by atoms with Crippen molar-refractivity contribution in [1.82, 2.24) is 15.6 Å². The predicted molar refractivity (Wildman–Crippen MR) is 73.1 cm³/mol. The summed E-state index contributed by atoms with van der Waals surface area (Å²) in [6.07, 6.45) is 5.52. The van der Waals surface area contributed by atoms with Crippen molar-refractivity contribution in [2.45, 2.75) is 38.3 Å². The molecule has 1 heterocycles. The molecule has 0 bridgehead atoms. The summed E-state index contributed by atoms with van der Waals surface area (Å²) >= 11 is 0. The van der Waals surface area contributed by atoms with Gasteiger partial charge in [-0.15, -0.1) is 0 Å². The van der Waals surface area contributed by atoms with Crippen molar-refractivity contribution in [2.75, 3.05) is 0 Å². The van der Waals surface area contributed by atoms with Gasteiger partial charge in [0.25, 0.3) is 0 Å². The summed E-state index contributed by atoms with van der Waals surface area (Å²) in [7, 11) is 0. The van der Waals surface area contributed by atoms with Crippen molar-refractivity contribution in [3.8, 4) is 0 Å². The van der Waals surface area contributed by atoms with Crippen LogP contribution in [0.5, 0.6) is 0 Å². The van der Waals surface area contributed by atoms with Crippen LogP contribution in [0, 0.1) is 5.92 Å². The predicted octanol–water partition coefficient (Wildman–Crippen LogP) is 1.70. The quantitative estimate of drug-likeness (QED) is 0.781. The van der Waals surface area contributed by atoms with Crippen LogP contribution in [0.15, 0.2) is 24.5 Å². The highest BCUT2D eigenvalue weighted by Crippen LogP contribution is 2.25. The number of aliphatic carboxylic acids is 1. The van der Waals surface area contributed by atoms with Gasteiger partial charge in [-0.3, -0.25) is 9.78 Å². The fourth-order valence-electron chi connectivity index (χ4n) is 2.57. The second-order valence-electron chi connectivity index (χ2n) is 5.10. The minimum atomic E-state index is -0.838. The van der Waals surface area contributed by atoms with Gasteiger partial charge in [0.1, 0.15) is 0 Å². The Morgan fingerprint density at radius 1 is 1.35 bits per heavy atom. The van der Waals surface area contributed by atoms with E-state index >= 15 is 0 Å². The summed E-state index contributed by atoms with van der Waals surface area (Å²) in [5, 5.41) is 14.7. The standard InChI is InChI=1S/C14H19N3O3/c1-9(10-5-7-15-8-6-10)16-14(20)17-12-4-2-3-11(12)13(18)19/h5-9,11-12H,2-4H2,1H3,(H,18,19)(H2,16,17,20). The molecule has 0 saturated heterocycles. The lowest BCUT2D eigenvalue weighted by atomic mass is 10.0. The molecule has 3 unspecified atom stereocenters. The first kappa shape index (κ1) is 14.3. The van der Waals surface area contributed by atoms with Gasteiger partial charge in [-0.05, 0) is 37.5 Å². The number of hydrogen-bond acceptors (Lipinski definition) is 3. The number of nitrogens with one attached hydrogen (secondary N) is 2. The van der Waals surface area contributed by atoms with E-state index in [1.165, 1.54) is 0 Å². The van der Waals surface area contributed by atoms with E-state index in [2.05, 4.69) is 15.6 Å². The summed E-state index contributed by atoms with van der Waals surface area (Å²) in [5.41, 5.74) is 0.955. The monoisotopic (exact) mass is 277 g/mol.